The Hall–Kier alpha value is -3.56. The molecule has 9 heteroatoms. The Morgan fingerprint density at radius 3 is 2.09 bits per heavy atom. The van der Waals surface area contributed by atoms with Gasteiger partial charge in [-0.25, -0.2) is 0 Å². The molecule has 0 fully saturated rings. The van der Waals surface area contributed by atoms with Crippen molar-refractivity contribution in [3.8, 4) is 0 Å². The summed E-state index contributed by atoms with van der Waals surface area (Å²) >= 11 is 0. The van der Waals surface area contributed by atoms with E-state index in [2.05, 4.69) is 31.2 Å². The standard InChI is InChI=1S/C25H33N7O2/c1-19-11-13-21(14-12-19)31-32-22-23(26-15-7-17-33-2)29-25(27-16-8-18-34-3)30-24(22)28-20-9-5-4-6-10-20/h4-6,9-14H,7-8,15-18H2,1-3H3,(H3,26,27,28,29,30). The van der Waals surface area contributed by atoms with E-state index in [0.717, 1.165) is 29.8 Å². The lowest BCUT2D eigenvalue weighted by Gasteiger charge is -2.15. The molecule has 0 amide bonds. The number of rotatable bonds is 14. The van der Waals surface area contributed by atoms with Crippen LogP contribution in [0.3, 0.4) is 0 Å². The molecule has 0 atom stereocenters. The van der Waals surface area contributed by atoms with Gasteiger partial charge in [0, 0.05) is 46.2 Å². The number of aromatic nitrogens is 2. The monoisotopic (exact) mass is 463 g/mol. The van der Waals surface area contributed by atoms with Crippen molar-refractivity contribution in [2.75, 3.05) is 56.5 Å². The maximum absolute atomic E-state index is 5.18. The molecule has 3 rings (SSSR count). The predicted molar refractivity (Wildman–Crippen MR) is 137 cm³/mol. The van der Waals surface area contributed by atoms with Crippen LogP contribution in [0.2, 0.25) is 0 Å². The molecule has 0 saturated heterocycles. The largest absolute Gasteiger partial charge is 0.385 e. The first kappa shape index (κ1) is 25.1. The number of azo groups is 1. The zero-order valence-electron chi connectivity index (χ0n) is 20.0. The van der Waals surface area contributed by atoms with E-state index in [-0.39, 0.29) is 0 Å². The summed E-state index contributed by atoms with van der Waals surface area (Å²) in [5.74, 6) is 1.65. The van der Waals surface area contributed by atoms with Gasteiger partial charge in [-0.15, -0.1) is 5.11 Å². The van der Waals surface area contributed by atoms with E-state index < -0.39 is 0 Å². The van der Waals surface area contributed by atoms with Crippen molar-refractivity contribution >= 4 is 34.6 Å². The molecule has 1 heterocycles. The highest BCUT2D eigenvalue weighted by Gasteiger charge is 2.15. The topological polar surface area (TPSA) is 105 Å². The van der Waals surface area contributed by atoms with E-state index in [1.54, 1.807) is 14.2 Å². The second-order valence-electron chi connectivity index (χ2n) is 7.67. The Labute approximate surface area is 201 Å². The average Bonchev–Trinajstić information content (AvgIpc) is 2.85. The first-order valence-electron chi connectivity index (χ1n) is 11.4. The van der Waals surface area contributed by atoms with Crippen molar-refractivity contribution in [3.63, 3.8) is 0 Å². The number of aryl methyl sites for hydroxylation is 1. The Morgan fingerprint density at radius 2 is 1.41 bits per heavy atom. The molecule has 0 unspecified atom stereocenters. The molecule has 0 saturated carbocycles. The van der Waals surface area contributed by atoms with Gasteiger partial charge in [-0.3, -0.25) is 0 Å². The second-order valence-corrected chi connectivity index (χ2v) is 7.67. The third kappa shape index (κ3) is 8.09. The first-order chi connectivity index (χ1) is 16.7. The van der Waals surface area contributed by atoms with Crippen LogP contribution in [0.4, 0.5) is 34.6 Å². The minimum Gasteiger partial charge on any atom is -0.385 e. The predicted octanol–water partition coefficient (Wildman–Crippen LogP) is 5.84. The van der Waals surface area contributed by atoms with Gasteiger partial charge < -0.3 is 25.4 Å². The number of para-hydroxylation sites is 1. The summed E-state index contributed by atoms with van der Waals surface area (Å²) in [4.78, 5) is 9.39. The van der Waals surface area contributed by atoms with Gasteiger partial charge in [0.2, 0.25) is 5.95 Å². The molecule has 0 aliphatic heterocycles. The smallest absolute Gasteiger partial charge is 0.226 e. The molecule has 34 heavy (non-hydrogen) atoms. The maximum atomic E-state index is 5.18. The van der Waals surface area contributed by atoms with Gasteiger partial charge in [0.1, 0.15) is 0 Å². The fourth-order valence-corrected chi connectivity index (χ4v) is 3.06. The van der Waals surface area contributed by atoms with E-state index in [9.17, 15) is 0 Å². The number of methoxy groups -OCH3 is 2. The number of anilines is 4. The minimum atomic E-state index is 0.498. The van der Waals surface area contributed by atoms with Crippen LogP contribution in [0.15, 0.2) is 64.8 Å². The molecule has 0 bridgehead atoms. The first-order valence-corrected chi connectivity index (χ1v) is 11.4. The Balaban J connectivity index is 1.95. The highest BCUT2D eigenvalue weighted by molar-refractivity contribution is 5.78. The van der Waals surface area contributed by atoms with Gasteiger partial charge in [-0.05, 0) is 44.0 Å². The number of hydrogen-bond acceptors (Lipinski definition) is 9. The summed E-state index contributed by atoms with van der Waals surface area (Å²) in [5, 5.41) is 19.0. The van der Waals surface area contributed by atoms with E-state index in [4.69, 9.17) is 14.5 Å². The number of ether oxygens (including phenoxy) is 2. The van der Waals surface area contributed by atoms with Crippen LogP contribution in [0, 0.1) is 6.92 Å². The SMILES string of the molecule is COCCCNc1nc(NCCCOC)c(N=Nc2ccc(C)cc2)c(Nc2ccccc2)n1. The lowest BCUT2D eigenvalue weighted by molar-refractivity contribution is 0.197. The van der Waals surface area contributed by atoms with E-state index in [1.807, 2.05) is 61.5 Å². The van der Waals surface area contributed by atoms with Crippen LogP contribution >= 0.6 is 0 Å². The summed E-state index contributed by atoms with van der Waals surface area (Å²) in [7, 11) is 3.38. The van der Waals surface area contributed by atoms with Gasteiger partial charge >= 0.3 is 0 Å². The van der Waals surface area contributed by atoms with Crippen molar-refractivity contribution in [1.82, 2.24) is 9.97 Å². The molecule has 0 radical (unpaired) electrons. The molecular weight excluding hydrogens is 430 g/mol. The molecular formula is C25H33N7O2. The summed E-state index contributed by atoms with van der Waals surface area (Å²) in [6, 6.07) is 17.7. The maximum Gasteiger partial charge on any atom is 0.226 e. The van der Waals surface area contributed by atoms with Crippen molar-refractivity contribution in [2.24, 2.45) is 10.2 Å². The highest BCUT2D eigenvalue weighted by atomic mass is 16.5. The summed E-state index contributed by atoms with van der Waals surface area (Å²) in [6.07, 6.45) is 1.67. The van der Waals surface area contributed by atoms with Crippen molar-refractivity contribution in [2.45, 2.75) is 19.8 Å². The normalized spacial score (nSPS) is 11.0. The van der Waals surface area contributed by atoms with Gasteiger partial charge in [0.15, 0.2) is 17.3 Å². The van der Waals surface area contributed by atoms with Crippen LogP contribution in [0.25, 0.3) is 0 Å². The van der Waals surface area contributed by atoms with Crippen LogP contribution in [-0.4, -0.2) is 50.5 Å². The summed E-state index contributed by atoms with van der Waals surface area (Å²) < 4.78 is 10.3. The van der Waals surface area contributed by atoms with E-state index in [1.165, 1.54) is 0 Å². The minimum absolute atomic E-state index is 0.498. The van der Waals surface area contributed by atoms with E-state index >= 15 is 0 Å². The Kier molecular flexibility index (Phi) is 10.2. The number of nitrogens with one attached hydrogen (secondary N) is 3. The number of hydrogen-bond donors (Lipinski definition) is 3. The molecule has 2 aromatic carbocycles. The summed E-state index contributed by atoms with van der Waals surface area (Å²) in [5.41, 5.74) is 3.34. The quantitative estimate of drug-likeness (QED) is 0.204. The molecule has 9 nitrogen and oxygen atoms in total. The fraction of sp³-hybridized carbons (Fsp3) is 0.360. The third-order valence-corrected chi connectivity index (χ3v) is 4.85. The Bertz CT molecular complexity index is 1030. The zero-order valence-corrected chi connectivity index (χ0v) is 20.0. The zero-order chi connectivity index (χ0) is 24.0. The van der Waals surface area contributed by atoms with Crippen LogP contribution in [-0.2, 0) is 9.47 Å². The van der Waals surface area contributed by atoms with Crippen LogP contribution in [0.5, 0.6) is 0 Å². The van der Waals surface area contributed by atoms with Crippen LogP contribution in [0.1, 0.15) is 18.4 Å². The summed E-state index contributed by atoms with van der Waals surface area (Å²) in [6.45, 7) is 4.71. The number of benzene rings is 2. The van der Waals surface area contributed by atoms with Crippen molar-refractivity contribution in [1.29, 1.82) is 0 Å². The molecule has 180 valence electrons. The third-order valence-electron chi connectivity index (χ3n) is 4.85. The fourth-order valence-electron chi connectivity index (χ4n) is 3.06. The van der Waals surface area contributed by atoms with Gasteiger partial charge in [0.05, 0.1) is 5.69 Å². The Morgan fingerprint density at radius 1 is 0.765 bits per heavy atom. The van der Waals surface area contributed by atoms with Crippen molar-refractivity contribution in [3.05, 3.63) is 60.2 Å². The van der Waals surface area contributed by atoms with E-state index in [0.29, 0.717) is 49.6 Å². The average molecular weight is 464 g/mol. The number of nitrogens with zero attached hydrogens (tertiary/aromatic N) is 4. The van der Waals surface area contributed by atoms with Crippen LogP contribution < -0.4 is 16.0 Å². The van der Waals surface area contributed by atoms with Gasteiger partial charge in [-0.2, -0.15) is 15.1 Å². The molecule has 0 spiro atoms. The van der Waals surface area contributed by atoms with Crippen molar-refractivity contribution < 1.29 is 9.47 Å². The molecule has 0 aliphatic rings. The molecule has 0 aliphatic carbocycles. The lowest BCUT2D eigenvalue weighted by Crippen LogP contribution is -2.12. The lowest BCUT2D eigenvalue weighted by atomic mass is 10.2. The molecule has 3 N–H and O–H groups in total. The molecule has 3 aromatic rings. The second kappa shape index (κ2) is 13.9. The van der Waals surface area contributed by atoms with Gasteiger partial charge in [0.25, 0.3) is 0 Å². The molecule has 1 aromatic heterocycles. The highest BCUT2D eigenvalue weighted by Crippen LogP contribution is 2.35. The van der Waals surface area contributed by atoms with Gasteiger partial charge in [-0.1, -0.05) is 35.9 Å².